The maximum atomic E-state index is 13.2. The number of carbonyl (C=O) groups excluding carboxylic acids is 2. The van der Waals surface area contributed by atoms with E-state index in [-0.39, 0.29) is 12.1 Å². The molecular weight excluding hydrogens is 381 g/mol. The van der Waals surface area contributed by atoms with E-state index in [1.54, 1.807) is 0 Å². The van der Waals surface area contributed by atoms with Crippen LogP contribution in [0.2, 0.25) is 0 Å². The number of nitrogens with zero attached hydrogens (tertiary/aromatic N) is 1. The highest BCUT2D eigenvalue weighted by atomic mass is 19.1. The van der Waals surface area contributed by atoms with Crippen LogP contribution in [0, 0.1) is 5.82 Å². The summed E-state index contributed by atoms with van der Waals surface area (Å²) in [6.45, 7) is 2.51. The molecule has 0 aliphatic carbocycles. The third kappa shape index (κ3) is 12.6. The molecule has 0 heterocycles. The average molecular weight is 422 g/mol. The Morgan fingerprint density at radius 3 is 1.93 bits per heavy atom. The van der Waals surface area contributed by atoms with Gasteiger partial charge < -0.3 is 9.64 Å². The summed E-state index contributed by atoms with van der Waals surface area (Å²) in [5.41, 5.74) is 0.224. The Morgan fingerprint density at radius 2 is 1.40 bits per heavy atom. The molecule has 0 N–H and O–H groups in total. The molecule has 0 aromatic heterocycles. The maximum Gasteiger partial charge on any atom is 0.325 e. The predicted molar refractivity (Wildman–Crippen MR) is 120 cm³/mol. The number of benzene rings is 1. The fraction of sp³-hybridized carbons (Fsp3) is 0.680. The van der Waals surface area contributed by atoms with E-state index in [0.717, 1.165) is 18.9 Å². The molecule has 1 rings (SSSR count). The van der Waals surface area contributed by atoms with Crippen molar-refractivity contribution < 1.29 is 18.7 Å². The summed E-state index contributed by atoms with van der Waals surface area (Å²) in [7, 11) is 1.51. The van der Waals surface area contributed by atoms with E-state index < -0.39 is 17.7 Å². The highest BCUT2D eigenvalue weighted by Crippen LogP contribution is 2.12. The van der Waals surface area contributed by atoms with E-state index in [1.165, 1.54) is 101 Å². The van der Waals surface area contributed by atoms with Gasteiger partial charge in [-0.25, -0.2) is 4.39 Å². The normalized spacial score (nSPS) is 10.8. The van der Waals surface area contributed by atoms with Crippen LogP contribution in [0.3, 0.4) is 0 Å². The topological polar surface area (TPSA) is 46.6 Å². The van der Waals surface area contributed by atoms with Crippen molar-refractivity contribution in [1.29, 1.82) is 0 Å². The van der Waals surface area contributed by atoms with Crippen molar-refractivity contribution >= 4 is 11.9 Å². The van der Waals surface area contributed by atoms with Gasteiger partial charge in [0.25, 0.3) is 5.91 Å². The molecule has 0 fully saturated rings. The number of hydrogen-bond acceptors (Lipinski definition) is 3. The van der Waals surface area contributed by atoms with Gasteiger partial charge in [-0.1, -0.05) is 90.0 Å². The van der Waals surface area contributed by atoms with Crippen LogP contribution in [0.1, 0.15) is 101 Å². The van der Waals surface area contributed by atoms with Crippen LogP contribution in [0.15, 0.2) is 24.3 Å². The second-order valence-corrected chi connectivity index (χ2v) is 8.13. The van der Waals surface area contributed by atoms with Gasteiger partial charge in [0.15, 0.2) is 0 Å². The zero-order valence-corrected chi connectivity index (χ0v) is 19.0. The molecule has 1 aromatic rings. The Labute approximate surface area is 182 Å². The smallest absolute Gasteiger partial charge is 0.325 e. The zero-order valence-electron chi connectivity index (χ0n) is 19.0. The Hall–Kier alpha value is -1.91. The minimum absolute atomic E-state index is 0.131. The first kappa shape index (κ1) is 26.1. The lowest BCUT2D eigenvalue weighted by Gasteiger charge is -2.16. The lowest BCUT2D eigenvalue weighted by atomic mass is 10.0. The van der Waals surface area contributed by atoms with E-state index in [1.807, 2.05) is 0 Å². The van der Waals surface area contributed by atoms with Crippen molar-refractivity contribution in [3.05, 3.63) is 35.6 Å². The van der Waals surface area contributed by atoms with Crippen LogP contribution in [0.4, 0.5) is 4.39 Å². The number of hydrogen-bond donors (Lipinski definition) is 0. The molecule has 5 heteroatoms. The molecule has 0 bridgehead atoms. The first-order valence-corrected chi connectivity index (χ1v) is 11.7. The molecular formula is C25H40FNO3. The Morgan fingerprint density at radius 1 is 0.867 bits per heavy atom. The molecule has 0 saturated carbocycles. The van der Waals surface area contributed by atoms with Gasteiger partial charge in [-0.2, -0.15) is 0 Å². The second kappa shape index (κ2) is 16.8. The van der Waals surface area contributed by atoms with Gasteiger partial charge >= 0.3 is 5.97 Å². The van der Waals surface area contributed by atoms with Gasteiger partial charge in [-0.05, 0) is 24.6 Å². The monoisotopic (exact) mass is 421 g/mol. The molecule has 0 radical (unpaired) electrons. The first-order chi connectivity index (χ1) is 14.5. The molecule has 0 aliphatic heterocycles. The van der Waals surface area contributed by atoms with Crippen LogP contribution >= 0.6 is 0 Å². The number of halogens is 1. The molecule has 0 saturated heterocycles. The van der Waals surface area contributed by atoms with Crippen LogP contribution < -0.4 is 0 Å². The van der Waals surface area contributed by atoms with Crippen LogP contribution in [-0.4, -0.2) is 37.0 Å². The SMILES string of the molecule is CCCCCCCCCCCCCCCOC(=O)CN(C)C(=O)c1cccc(F)c1. The van der Waals surface area contributed by atoms with Crippen LogP contribution in [-0.2, 0) is 9.53 Å². The van der Waals surface area contributed by atoms with Gasteiger partial charge in [0.2, 0.25) is 0 Å². The highest BCUT2D eigenvalue weighted by Gasteiger charge is 2.16. The molecule has 0 aliphatic rings. The number of unbranched alkanes of at least 4 members (excludes halogenated alkanes) is 12. The summed E-state index contributed by atoms with van der Waals surface area (Å²) >= 11 is 0. The average Bonchev–Trinajstić information content (AvgIpc) is 2.73. The quantitative estimate of drug-likeness (QED) is 0.212. The highest BCUT2D eigenvalue weighted by molar-refractivity contribution is 5.95. The van der Waals surface area contributed by atoms with Crippen molar-refractivity contribution in [3.63, 3.8) is 0 Å². The Bertz CT molecular complexity index is 606. The standard InChI is InChI=1S/C25H40FNO3/c1-3-4-5-6-7-8-9-10-11-12-13-14-15-19-30-24(28)21-27(2)25(29)22-17-16-18-23(26)20-22/h16-18,20H,3-15,19,21H2,1-2H3. The summed E-state index contributed by atoms with van der Waals surface area (Å²) in [5.74, 6) is -1.30. The van der Waals surface area contributed by atoms with Gasteiger partial charge in [0.05, 0.1) is 6.61 Å². The number of carbonyl (C=O) groups is 2. The van der Waals surface area contributed by atoms with Gasteiger partial charge in [0.1, 0.15) is 12.4 Å². The molecule has 0 spiro atoms. The fourth-order valence-electron chi connectivity index (χ4n) is 3.46. The summed E-state index contributed by atoms with van der Waals surface area (Å²) in [6.07, 6.45) is 16.5. The van der Waals surface area contributed by atoms with Gasteiger partial charge in [-0.15, -0.1) is 0 Å². The van der Waals surface area contributed by atoms with E-state index >= 15 is 0 Å². The third-order valence-corrected chi connectivity index (χ3v) is 5.30. The maximum absolute atomic E-state index is 13.2. The number of esters is 1. The number of amides is 1. The van der Waals surface area contributed by atoms with Gasteiger partial charge in [0, 0.05) is 12.6 Å². The molecule has 1 amide bonds. The van der Waals surface area contributed by atoms with E-state index in [4.69, 9.17) is 4.74 Å². The summed E-state index contributed by atoms with van der Waals surface area (Å²) < 4.78 is 18.4. The molecule has 1 aromatic carbocycles. The van der Waals surface area contributed by atoms with Crippen LogP contribution in [0.5, 0.6) is 0 Å². The zero-order chi connectivity index (χ0) is 22.0. The number of ether oxygens (including phenoxy) is 1. The lowest BCUT2D eigenvalue weighted by Crippen LogP contribution is -2.33. The van der Waals surface area contributed by atoms with Crippen LogP contribution in [0.25, 0.3) is 0 Å². The summed E-state index contributed by atoms with van der Waals surface area (Å²) in [6, 6.07) is 5.45. The lowest BCUT2D eigenvalue weighted by molar-refractivity contribution is -0.144. The molecule has 4 nitrogen and oxygen atoms in total. The van der Waals surface area contributed by atoms with Crippen molar-refractivity contribution in [2.45, 2.75) is 90.4 Å². The summed E-state index contributed by atoms with van der Waals surface area (Å²) in [5, 5.41) is 0. The van der Waals surface area contributed by atoms with E-state index in [2.05, 4.69) is 6.92 Å². The second-order valence-electron chi connectivity index (χ2n) is 8.13. The largest absolute Gasteiger partial charge is 0.464 e. The molecule has 170 valence electrons. The van der Waals surface area contributed by atoms with Crippen molar-refractivity contribution in [3.8, 4) is 0 Å². The predicted octanol–water partition coefficient (Wildman–Crippen LogP) is 6.53. The third-order valence-electron chi connectivity index (χ3n) is 5.30. The van der Waals surface area contributed by atoms with Crippen molar-refractivity contribution in [2.75, 3.05) is 20.2 Å². The molecule has 0 unspecified atom stereocenters. The van der Waals surface area contributed by atoms with Crippen molar-refractivity contribution in [2.24, 2.45) is 0 Å². The van der Waals surface area contributed by atoms with E-state index in [9.17, 15) is 14.0 Å². The number of likely N-dealkylation sites (N-methyl/N-ethyl adjacent to an activating group) is 1. The minimum atomic E-state index is -0.473. The Kier molecular flexibility index (Phi) is 14.7. The fourth-order valence-corrected chi connectivity index (χ4v) is 3.46. The van der Waals surface area contributed by atoms with Crippen molar-refractivity contribution in [1.82, 2.24) is 4.90 Å². The Balaban J connectivity index is 1.96. The summed E-state index contributed by atoms with van der Waals surface area (Å²) in [4.78, 5) is 25.3. The van der Waals surface area contributed by atoms with Gasteiger partial charge in [-0.3, -0.25) is 9.59 Å². The molecule has 0 atom stereocenters. The van der Waals surface area contributed by atoms with E-state index in [0.29, 0.717) is 6.61 Å². The first-order valence-electron chi connectivity index (χ1n) is 11.7. The molecule has 30 heavy (non-hydrogen) atoms. The minimum Gasteiger partial charge on any atom is -0.464 e. The number of rotatable bonds is 17.